The van der Waals surface area contributed by atoms with Crippen LogP contribution >= 0.6 is 23.2 Å². The number of halogens is 2. The number of carboxylic acid groups (broad SMARTS) is 1. The van der Waals surface area contributed by atoms with Gasteiger partial charge in [-0.25, -0.2) is 4.79 Å². The van der Waals surface area contributed by atoms with Gasteiger partial charge in [0, 0.05) is 52.9 Å². The van der Waals surface area contributed by atoms with Gasteiger partial charge in [0.25, 0.3) is 0 Å². The largest absolute Gasteiger partial charge is 0.475 e. The van der Waals surface area contributed by atoms with E-state index < -0.39 is 11.5 Å². The number of anilines is 1. The fourth-order valence-corrected chi connectivity index (χ4v) is 6.25. The molecule has 1 atom stereocenters. The lowest BCUT2D eigenvalue weighted by molar-refractivity contribution is 0.0665. The molecule has 0 amide bonds. The van der Waals surface area contributed by atoms with Crippen molar-refractivity contribution in [3.63, 3.8) is 0 Å². The second-order valence-electron chi connectivity index (χ2n) is 9.47. The molecule has 9 heteroatoms. The monoisotopic (exact) mass is 527 g/mol. The number of fused-ring (bicyclic) bond motifs is 1. The number of piperazine rings is 1. The molecule has 4 aromatic rings. The van der Waals surface area contributed by atoms with Crippen molar-refractivity contribution in [2.45, 2.75) is 26.3 Å². The van der Waals surface area contributed by atoms with Gasteiger partial charge in [-0.2, -0.15) is 0 Å². The summed E-state index contributed by atoms with van der Waals surface area (Å²) in [7, 11) is 0. The number of furan rings is 1. The summed E-state index contributed by atoms with van der Waals surface area (Å²) >= 11 is 13.0. The minimum Gasteiger partial charge on any atom is -0.475 e. The third kappa shape index (κ3) is 3.95. The average molecular weight is 528 g/mol. The summed E-state index contributed by atoms with van der Waals surface area (Å²) in [5.41, 5.74) is 4.03. The van der Waals surface area contributed by atoms with Gasteiger partial charge >= 0.3 is 5.97 Å². The minimum atomic E-state index is -1.07. The number of rotatable bonds is 6. The first-order valence-corrected chi connectivity index (χ1v) is 12.6. The number of carboxylic acids is 1. The number of aryl methyl sites for hydroxylation is 1. The molecule has 0 radical (unpaired) electrons. The Morgan fingerprint density at radius 2 is 1.86 bits per heavy atom. The molecule has 0 saturated carbocycles. The van der Waals surface area contributed by atoms with Crippen LogP contribution in [0.15, 0.2) is 57.8 Å². The quantitative estimate of drug-likeness (QED) is 0.308. The van der Waals surface area contributed by atoms with Crippen molar-refractivity contribution in [1.29, 1.82) is 0 Å². The van der Waals surface area contributed by atoms with Crippen LogP contribution in [0.2, 0.25) is 10.0 Å². The number of aromatic carboxylic acids is 1. The van der Waals surface area contributed by atoms with E-state index in [1.807, 2.05) is 31.2 Å². The molecule has 7 nitrogen and oxygen atoms in total. The zero-order valence-corrected chi connectivity index (χ0v) is 21.8. The molecule has 36 heavy (non-hydrogen) atoms. The van der Waals surface area contributed by atoms with Gasteiger partial charge < -0.3 is 18.9 Å². The summed E-state index contributed by atoms with van der Waals surface area (Å²) in [5.74, 6) is -0.966. The predicted molar refractivity (Wildman–Crippen MR) is 140 cm³/mol. The number of benzene rings is 2. The number of carbonyl (C=O) groups is 1. The Balaban J connectivity index is 1.50. The topological polar surface area (TPSA) is 83.0 Å². The Bertz CT molecular complexity index is 1410. The van der Waals surface area contributed by atoms with Gasteiger partial charge in [0.05, 0.1) is 11.7 Å². The molecule has 0 bridgehead atoms. The highest BCUT2D eigenvalue weighted by molar-refractivity contribution is 6.35. The maximum Gasteiger partial charge on any atom is 0.371 e. The molecule has 1 N–H and O–H groups in total. The van der Waals surface area contributed by atoms with E-state index >= 15 is 0 Å². The van der Waals surface area contributed by atoms with Crippen molar-refractivity contribution in [2.24, 2.45) is 5.92 Å². The number of hydrogen-bond donors (Lipinski definition) is 1. The Morgan fingerprint density at radius 3 is 2.47 bits per heavy atom. The lowest BCUT2D eigenvalue weighted by Crippen LogP contribution is -2.58. The normalized spacial score (nSPS) is 16.6. The molecule has 2 aromatic heterocycles. The maximum atomic E-state index is 11.4. The molecule has 3 heterocycles. The third-order valence-corrected chi connectivity index (χ3v) is 7.87. The van der Waals surface area contributed by atoms with E-state index in [-0.39, 0.29) is 11.7 Å². The molecule has 1 fully saturated rings. The smallest absolute Gasteiger partial charge is 0.371 e. The molecular weight excluding hydrogens is 501 g/mol. The van der Waals surface area contributed by atoms with Crippen molar-refractivity contribution in [2.75, 3.05) is 31.1 Å². The molecule has 1 aliphatic heterocycles. The lowest BCUT2D eigenvalue weighted by Gasteiger charge is -2.50. The van der Waals surface area contributed by atoms with E-state index in [1.54, 1.807) is 24.6 Å². The second kappa shape index (κ2) is 9.47. The molecule has 0 aliphatic carbocycles. The van der Waals surface area contributed by atoms with E-state index in [9.17, 15) is 9.90 Å². The zero-order valence-electron chi connectivity index (χ0n) is 20.3. The summed E-state index contributed by atoms with van der Waals surface area (Å²) in [4.78, 5) is 16.2. The van der Waals surface area contributed by atoms with E-state index in [0.29, 0.717) is 15.6 Å². The maximum absolute atomic E-state index is 11.4. The van der Waals surface area contributed by atoms with Crippen molar-refractivity contribution >= 4 is 45.8 Å². The summed E-state index contributed by atoms with van der Waals surface area (Å²) in [6.45, 7) is 9.47. The van der Waals surface area contributed by atoms with Gasteiger partial charge in [-0.3, -0.25) is 4.90 Å². The van der Waals surface area contributed by atoms with Crippen LogP contribution in [0.1, 0.15) is 41.1 Å². The van der Waals surface area contributed by atoms with Gasteiger partial charge in [-0.1, -0.05) is 48.3 Å². The van der Waals surface area contributed by atoms with Crippen LogP contribution in [-0.2, 0) is 5.54 Å². The first-order valence-electron chi connectivity index (χ1n) is 11.8. The molecular formula is C27H27Cl2N3O4. The van der Waals surface area contributed by atoms with Crippen LogP contribution < -0.4 is 4.90 Å². The van der Waals surface area contributed by atoms with Crippen LogP contribution in [0, 0.1) is 12.8 Å². The van der Waals surface area contributed by atoms with Crippen molar-refractivity contribution in [3.05, 3.63) is 81.4 Å². The summed E-state index contributed by atoms with van der Waals surface area (Å²) in [5, 5.41) is 15.4. The Labute approximate surface area is 219 Å². The third-order valence-electron chi connectivity index (χ3n) is 7.32. The average Bonchev–Trinajstić information content (AvgIpc) is 3.52. The Kier molecular flexibility index (Phi) is 6.49. The highest BCUT2D eigenvalue weighted by Crippen LogP contribution is 2.46. The van der Waals surface area contributed by atoms with Crippen LogP contribution in [0.3, 0.4) is 0 Å². The van der Waals surface area contributed by atoms with Gasteiger partial charge in [-0.05, 0) is 54.3 Å². The van der Waals surface area contributed by atoms with Crippen LogP contribution in [0.25, 0.3) is 11.0 Å². The van der Waals surface area contributed by atoms with Gasteiger partial charge in [0.2, 0.25) is 5.76 Å². The van der Waals surface area contributed by atoms with Gasteiger partial charge in [0.15, 0.2) is 0 Å². The zero-order chi connectivity index (χ0) is 25.6. The molecule has 188 valence electrons. The number of aromatic nitrogens is 1. The molecule has 1 aliphatic rings. The SMILES string of the molecule is Cc1c(N2CCN(C(c3cnoc3)(c3ccc(Cl)cc3Cl)C(C)C)CC2)ccc2oc(C(=O)O)cc12. The Morgan fingerprint density at radius 1 is 1.11 bits per heavy atom. The first kappa shape index (κ1) is 24.7. The fourth-order valence-electron chi connectivity index (χ4n) is 5.70. The molecule has 1 saturated heterocycles. The summed E-state index contributed by atoms with van der Waals surface area (Å²) in [6, 6.07) is 11.1. The standard InChI is InChI=1S/C27H27Cl2N3O4/c1-16(2)27(18-14-30-35-15-18,21-5-4-19(28)12-22(21)29)32-10-8-31(9-11-32)23-6-7-24-20(17(23)3)13-25(36-24)26(33)34/h4-7,12-16H,8-11H2,1-3H3,(H,33,34). The Hall–Kier alpha value is -3.00. The first-order chi connectivity index (χ1) is 17.2. The van der Waals surface area contributed by atoms with E-state index in [4.69, 9.17) is 32.1 Å². The van der Waals surface area contributed by atoms with E-state index in [1.165, 1.54) is 0 Å². The fraction of sp³-hybridized carbons (Fsp3) is 0.333. The minimum absolute atomic E-state index is 0.0506. The molecule has 2 aromatic carbocycles. The second-order valence-corrected chi connectivity index (χ2v) is 10.3. The van der Waals surface area contributed by atoms with Crippen molar-refractivity contribution in [3.8, 4) is 0 Å². The van der Waals surface area contributed by atoms with Crippen molar-refractivity contribution in [1.82, 2.24) is 10.1 Å². The summed E-state index contributed by atoms with van der Waals surface area (Å²) < 4.78 is 10.8. The highest BCUT2D eigenvalue weighted by Gasteiger charge is 2.46. The van der Waals surface area contributed by atoms with Crippen molar-refractivity contribution < 1.29 is 18.8 Å². The molecule has 0 spiro atoms. The van der Waals surface area contributed by atoms with Gasteiger partial charge in [-0.15, -0.1) is 0 Å². The van der Waals surface area contributed by atoms with Crippen LogP contribution in [-0.4, -0.2) is 47.3 Å². The summed E-state index contributed by atoms with van der Waals surface area (Å²) in [6.07, 6.45) is 3.47. The van der Waals surface area contributed by atoms with Crippen LogP contribution in [0.5, 0.6) is 0 Å². The number of hydrogen-bond acceptors (Lipinski definition) is 6. The predicted octanol–water partition coefficient (Wildman–Crippen LogP) is 6.46. The van der Waals surface area contributed by atoms with Crippen LogP contribution in [0.4, 0.5) is 5.69 Å². The van der Waals surface area contributed by atoms with E-state index in [2.05, 4.69) is 28.8 Å². The lowest BCUT2D eigenvalue weighted by atomic mass is 9.73. The molecule has 5 rings (SSSR count). The van der Waals surface area contributed by atoms with E-state index in [0.717, 1.165) is 53.9 Å². The van der Waals surface area contributed by atoms with Gasteiger partial charge in [0.1, 0.15) is 11.8 Å². The molecule has 1 unspecified atom stereocenters. The highest BCUT2D eigenvalue weighted by atomic mass is 35.5. The number of nitrogens with zero attached hydrogens (tertiary/aromatic N) is 3.